The van der Waals surface area contributed by atoms with E-state index >= 15 is 0 Å². The van der Waals surface area contributed by atoms with E-state index < -0.39 is 11.7 Å². The van der Waals surface area contributed by atoms with Gasteiger partial charge in [-0.3, -0.25) is 4.99 Å². The molecule has 0 amide bonds. The molecule has 1 N–H and O–H groups in total. The summed E-state index contributed by atoms with van der Waals surface area (Å²) in [5.74, 6) is 0.763. The number of hydrogen-bond acceptors (Lipinski definition) is 3. The normalized spacial score (nSPS) is 22.0. The Morgan fingerprint density at radius 3 is 2.48 bits per heavy atom. The Morgan fingerprint density at radius 2 is 1.90 bits per heavy atom. The molecule has 2 fully saturated rings. The number of hydrogen-bond donors (Lipinski definition) is 1. The molecule has 0 spiro atoms. The van der Waals surface area contributed by atoms with Crippen LogP contribution < -0.4 is 5.32 Å². The lowest BCUT2D eigenvalue weighted by Crippen LogP contribution is -2.47. The predicted octanol–water partition coefficient (Wildman–Crippen LogP) is 3.83. The first-order valence-corrected chi connectivity index (χ1v) is 10.3. The Balaban J connectivity index is 1.40. The quantitative estimate of drug-likeness (QED) is 0.589. The van der Waals surface area contributed by atoms with E-state index in [0.717, 1.165) is 69.0 Å². The summed E-state index contributed by atoms with van der Waals surface area (Å²) < 4.78 is 49.8. The van der Waals surface area contributed by atoms with Gasteiger partial charge in [0.2, 0.25) is 0 Å². The van der Waals surface area contributed by atoms with Gasteiger partial charge in [0, 0.05) is 33.3 Å². The van der Waals surface area contributed by atoms with Crippen LogP contribution in [-0.4, -0.2) is 56.4 Å². The van der Waals surface area contributed by atoms with E-state index in [-0.39, 0.29) is 12.2 Å². The van der Waals surface area contributed by atoms with Crippen LogP contribution in [0.5, 0.6) is 0 Å². The molecular formula is C21H30F3N3O2. The topological polar surface area (TPSA) is 46.1 Å². The van der Waals surface area contributed by atoms with Gasteiger partial charge >= 0.3 is 6.18 Å². The van der Waals surface area contributed by atoms with Crippen molar-refractivity contribution < 1.29 is 22.6 Å². The lowest BCUT2D eigenvalue weighted by Gasteiger charge is -2.35. The summed E-state index contributed by atoms with van der Waals surface area (Å²) in [7, 11) is 1.72. The molecule has 1 unspecified atom stereocenters. The van der Waals surface area contributed by atoms with Gasteiger partial charge in [-0.2, -0.15) is 13.2 Å². The van der Waals surface area contributed by atoms with E-state index in [0.29, 0.717) is 13.2 Å². The van der Waals surface area contributed by atoms with Crippen molar-refractivity contribution in [3.05, 3.63) is 35.4 Å². The van der Waals surface area contributed by atoms with Crippen molar-refractivity contribution in [3.8, 4) is 0 Å². The molecule has 0 radical (unpaired) electrons. The molecule has 2 heterocycles. The van der Waals surface area contributed by atoms with Crippen molar-refractivity contribution in [1.82, 2.24) is 10.2 Å². The Morgan fingerprint density at radius 1 is 1.17 bits per heavy atom. The van der Waals surface area contributed by atoms with Crippen LogP contribution in [0, 0.1) is 0 Å². The van der Waals surface area contributed by atoms with Gasteiger partial charge in [-0.1, -0.05) is 12.1 Å². The van der Waals surface area contributed by atoms with Crippen molar-refractivity contribution in [2.24, 2.45) is 4.99 Å². The first-order valence-electron chi connectivity index (χ1n) is 10.3. The highest BCUT2D eigenvalue weighted by Gasteiger charge is 2.30. The molecule has 0 aromatic heterocycles. The second-order valence-electron chi connectivity index (χ2n) is 7.60. The first kappa shape index (κ1) is 21.9. The summed E-state index contributed by atoms with van der Waals surface area (Å²) in [5, 5.41) is 3.25. The average molecular weight is 413 g/mol. The molecule has 2 aliphatic rings. The summed E-state index contributed by atoms with van der Waals surface area (Å²) in [4.78, 5) is 6.49. The van der Waals surface area contributed by atoms with Crippen LogP contribution in [0.2, 0.25) is 0 Å². The highest BCUT2D eigenvalue weighted by Crippen LogP contribution is 2.29. The number of aliphatic imine (C=N–C) groups is 1. The molecule has 1 aromatic rings. The molecule has 8 heteroatoms. The number of nitrogens with one attached hydrogen (secondary N) is 1. The minimum atomic E-state index is -4.31. The molecule has 0 aliphatic carbocycles. The number of nitrogens with zero attached hydrogens (tertiary/aromatic N) is 2. The maximum atomic E-state index is 12.7. The van der Waals surface area contributed by atoms with Crippen LogP contribution >= 0.6 is 0 Å². The van der Waals surface area contributed by atoms with Crippen molar-refractivity contribution in [2.45, 2.75) is 57.0 Å². The van der Waals surface area contributed by atoms with E-state index in [4.69, 9.17) is 9.47 Å². The largest absolute Gasteiger partial charge is 0.416 e. The van der Waals surface area contributed by atoms with E-state index in [1.807, 2.05) is 0 Å². The second-order valence-corrected chi connectivity index (χ2v) is 7.60. The van der Waals surface area contributed by atoms with Crippen molar-refractivity contribution in [3.63, 3.8) is 0 Å². The number of rotatable bonds is 5. The van der Waals surface area contributed by atoms with Gasteiger partial charge in [-0.05, 0) is 49.8 Å². The fourth-order valence-corrected chi connectivity index (χ4v) is 3.74. The van der Waals surface area contributed by atoms with Gasteiger partial charge in [0.25, 0.3) is 0 Å². The van der Waals surface area contributed by atoms with Gasteiger partial charge in [0.05, 0.1) is 24.4 Å². The first-order chi connectivity index (χ1) is 14.0. The number of ether oxygens (including phenoxy) is 2. The monoisotopic (exact) mass is 413 g/mol. The fourth-order valence-electron chi connectivity index (χ4n) is 3.74. The second kappa shape index (κ2) is 10.3. The number of halogens is 3. The molecule has 1 atom stereocenters. The van der Waals surface area contributed by atoms with Gasteiger partial charge < -0.3 is 19.7 Å². The third-order valence-electron chi connectivity index (χ3n) is 5.48. The van der Waals surface area contributed by atoms with Gasteiger partial charge in [0.15, 0.2) is 5.96 Å². The molecule has 1 aromatic carbocycles. The third-order valence-corrected chi connectivity index (χ3v) is 5.48. The van der Waals surface area contributed by atoms with E-state index in [1.165, 1.54) is 18.6 Å². The Bertz CT molecular complexity index is 650. The highest BCUT2D eigenvalue weighted by atomic mass is 19.4. The fraction of sp³-hybridized carbons (Fsp3) is 0.667. The minimum absolute atomic E-state index is 0.236. The molecule has 5 nitrogen and oxygen atoms in total. The van der Waals surface area contributed by atoms with Crippen molar-refractivity contribution >= 4 is 5.96 Å². The van der Waals surface area contributed by atoms with Crippen LogP contribution in [0.3, 0.4) is 0 Å². The molecule has 0 saturated carbocycles. The third kappa shape index (κ3) is 6.60. The van der Waals surface area contributed by atoms with Crippen LogP contribution in [0.15, 0.2) is 29.3 Å². The van der Waals surface area contributed by atoms with E-state index in [9.17, 15) is 13.2 Å². The lowest BCUT2D eigenvalue weighted by atomic mass is 10.1. The van der Waals surface area contributed by atoms with Crippen LogP contribution in [0.4, 0.5) is 13.2 Å². The van der Waals surface area contributed by atoms with Gasteiger partial charge in [-0.15, -0.1) is 0 Å². The molecule has 2 saturated heterocycles. The summed E-state index contributed by atoms with van der Waals surface area (Å²) in [6, 6.07) is 5.21. The Labute approximate surface area is 170 Å². The summed E-state index contributed by atoms with van der Waals surface area (Å²) in [6.45, 7) is 3.62. The SMILES string of the molecule is CN=C(NCc1ccc(C(F)(F)F)cc1)N1CCC(OCC2CCCCO2)CC1. The van der Waals surface area contributed by atoms with Crippen molar-refractivity contribution in [2.75, 3.05) is 33.4 Å². The van der Waals surface area contributed by atoms with E-state index in [1.54, 1.807) is 7.05 Å². The van der Waals surface area contributed by atoms with Gasteiger partial charge in [-0.25, -0.2) is 0 Å². The average Bonchev–Trinajstić information content (AvgIpc) is 2.74. The summed E-state index contributed by atoms with van der Waals surface area (Å²) in [6.07, 6.45) is 1.46. The predicted molar refractivity (Wildman–Crippen MR) is 106 cm³/mol. The standard InChI is InChI=1S/C21H30F3N3O2/c1-25-20(26-14-16-5-7-17(8-6-16)21(22,23)24)27-11-9-18(10-12-27)29-15-19-4-2-3-13-28-19/h5-8,18-19H,2-4,9-15H2,1H3,(H,25,26). The zero-order valence-corrected chi connectivity index (χ0v) is 16.9. The molecule has 2 aliphatic heterocycles. The highest BCUT2D eigenvalue weighted by molar-refractivity contribution is 5.79. The Hall–Kier alpha value is -1.80. The van der Waals surface area contributed by atoms with Crippen molar-refractivity contribution in [1.29, 1.82) is 0 Å². The van der Waals surface area contributed by atoms with Crippen LogP contribution in [0.25, 0.3) is 0 Å². The summed E-state index contributed by atoms with van der Waals surface area (Å²) >= 11 is 0. The molecule has 162 valence electrons. The lowest BCUT2D eigenvalue weighted by molar-refractivity contribution is -0.137. The minimum Gasteiger partial charge on any atom is -0.376 e. The number of guanidine groups is 1. The Kier molecular flexibility index (Phi) is 7.77. The molecular weight excluding hydrogens is 383 g/mol. The zero-order chi connectivity index (χ0) is 20.7. The maximum Gasteiger partial charge on any atom is 0.416 e. The smallest absolute Gasteiger partial charge is 0.376 e. The molecule has 0 bridgehead atoms. The number of alkyl halides is 3. The number of likely N-dealkylation sites (tertiary alicyclic amines) is 1. The zero-order valence-electron chi connectivity index (χ0n) is 16.9. The van der Waals surface area contributed by atoms with E-state index in [2.05, 4.69) is 15.2 Å². The summed E-state index contributed by atoms with van der Waals surface area (Å²) in [5.41, 5.74) is 0.149. The van der Waals surface area contributed by atoms with Gasteiger partial charge in [0.1, 0.15) is 0 Å². The molecule has 3 rings (SSSR count). The maximum absolute atomic E-state index is 12.7. The van der Waals surface area contributed by atoms with Crippen LogP contribution in [-0.2, 0) is 22.2 Å². The number of piperidine rings is 1. The van der Waals surface area contributed by atoms with Crippen LogP contribution in [0.1, 0.15) is 43.2 Å². The molecule has 29 heavy (non-hydrogen) atoms. The number of benzene rings is 1.